The van der Waals surface area contributed by atoms with Gasteiger partial charge >= 0.3 is 6.09 Å². The van der Waals surface area contributed by atoms with Gasteiger partial charge < -0.3 is 4.74 Å². The number of ketones is 1. The van der Waals surface area contributed by atoms with Crippen LogP contribution in [0.15, 0.2) is 30.3 Å². The first-order chi connectivity index (χ1) is 8.70. The van der Waals surface area contributed by atoms with E-state index < -0.39 is 6.09 Å². The van der Waals surface area contributed by atoms with E-state index in [4.69, 9.17) is 4.74 Å². The van der Waals surface area contributed by atoms with Crippen LogP contribution in [0.5, 0.6) is 0 Å². The predicted octanol–water partition coefficient (Wildman–Crippen LogP) is 2.38. The standard InChI is InChI=1S/C14H17NO3/c1-2-12-8-13(16)9-15(12)14(17)18-10-11-6-4-3-5-7-11/h3-7,12H,2,8-10H2,1H3/t12-/m1/s1. The first-order valence-electron chi connectivity index (χ1n) is 6.19. The Hall–Kier alpha value is -1.84. The molecule has 4 heteroatoms. The summed E-state index contributed by atoms with van der Waals surface area (Å²) in [7, 11) is 0. The summed E-state index contributed by atoms with van der Waals surface area (Å²) >= 11 is 0. The largest absolute Gasteiger partial charge is 0.445 e. The lowest BCUT2D eigenvalue weighted by molar-refractivity contribution is -0.116. The molecule has 0 unspecified atom stereocenters. The summed E-state index contributed by atoms with van der Waals surface area (Å²) in [6, 6.07) is 9.52. The van der Waals surface area contributed by atoms with E-state index in [9.17, 15) is 9.59 Å². The number of likely N-dealkylation sites (tertiary alicyclic amines) is 1. The average Bonchev–Trinajstić information content (AvgIpc) is 2.78. The molecule has 0 saturated carbocycles. The van der Waals surface area contributed by atoms with E-state index in [1.54, 1.807) is 0 Å². The zero-order chi connectivity index (χ0) is 13.0. The smallest absolute Gasteiger partial charge is 0.410 e. The molecule has 1 aliphatic rings. The molecule has 1 aromatic carbocycles. The Morgan fingerprint density at radius 2 is 2.11 bits per heavy atom. The molecular weight excluding hydrogens is 230 g/mol. The van der Waals surface area contributed by atoms with Gasteiger partial charge in [0.05, 0.1) is 6.54 Å². The van der Waals surface area contributed by atoms with Crippen LogP contribution in [0.1, 0.15) is 25.3 Å². The molecule has 0 radical (unpaired) electrons. The Labute approximate surface area is 107 Å². The quantitative estimate of drug-likeness (QED) is 0.823. The summed E-state index contributed by atoms with van der Waals surface area (Å²) in [5.74, 6) is 0.110. The van der Waals surface area contributed by atoms with Gasteiger partial charge in [0.25, 0.3) is 0 Å². The topological polar surface area (TPSA) is 46.6 Å². The highest BCUT2D eigenvalue weighted by Gasteiger charge is 2.33. The Kier molecular flexibility index (Phi) is 3.97. The van der Waals surface area contributed by atoms with Gasteiger partial charge in [-0.1, -0.05) is 37.3 Å². The highest BCUT2D eigenvalue weighted by molar-refractivity contribution is 5.88. The van der Waals surface area contributed by atoms with Gasteiger partial charge in [0.1, 0.15) is 6.61 Å². The van der Waals surface area contributed by atoms with E-state index in [-0.39, 0.29) is 25.0 Å². The van der Waals surface area contributed by atoms with Crippen LogP contribution in [0.3, 0.4) is 0 Å². The number of benzene rings is 1. The zero-order valence-electron chi connectivity index (χ0n) is 10.5. The molecule has 1 saturated heterocycles. The van der Waals surface area contributed by atoms with Crippen molar-refractivity contribution in [1.29, 1.82) is 0 Å². The van der Waals surface area contributed by atoms with Crippen molar-refractivity contribution in [2.45, 2.75) is 32.4 Å². The van der Waals surface area contributed by atoms with E-state index in [0.717, 1.165) is 12.0 Å². The van der Waals surface area contributed by atoms with Gasteiger partial charge in [0, 0.05) is 12.5 Å². The SMILES string of the molecule is CC[C@@H]1CC(=O)CN1C(=O)OCc1ccccc1. The lowest BCUT2D eigenvalue weighted by Crippen LogP contribution is -2.35. The van der Waals surface area contributed by atoms with Crippen molar-refractivity contribution in [3.8, 4) is 0 Å². The van der Waals surface area contributed by atoms with E-state index in [1.165, 1.54) is 4.90 Å². The van der Waals surface area contributed by atoms with Gasteiger partial charge in [-0.3, -0.25) is 9.69 Å². The lowest BCUT2D eigenvalue weighted by atomic mass is 10.2. The number of ether oxygens (including phenoxy) is 1. The van der Waals surface area contributed by atoms with Gasteiger partial charge in [0.2, 0.25) is 0 Å². The third-order valence-electron chi connectivity index (χ3n) is 3.16. The number of carbonyl (C=O) groups is 2. The molecule has 0 aromatic heterocycles. The zero-order valence-corrected chi connectivity index (χ0v) is 10.5. The second-order valence-corrected chi connectivity index (χ2v) is 4.47. The second kappa shape index (κ2) is 5.67. The van der Waals surface area contributed by atoms with Gasteiger partial charge in [-0.25, -0.2) is 4.79 Å². The minimum atomic E-state index is -0.392. The van der Waals surface area contributed by atoms with E-state index in [1.807, 2.05) is 37.3 Å². The van der Waals surface area contributed by atoms with Crippen LogP contribution in [0.25, 0.3) is 0 Å². The molecule has 0 spiro atoms. The van der Waals surface area contributed by atoms with Crippen LogP contribution in [0.4, 0.5) is 4.79 Å². The third kappa shape index (κ3) is 2.88. The molecule has 1 fully saturated rings. The van der Waals surface area contributed by atoms with Crippen molar-refractivity contribution >= 4 is 11.9 Å². The maximum Gasteiger partial charge on any atom is 0.410 e. The van der Waals surface area contributed by atoms with Gasteiger partial charge in [-0.2, -0.15) is 0 Å². The number of nitrogens with zero attached hydrogens (tertiary/aromatic N) is 1. The molecule has 96 valence electrons. The van der Waals surface area contributed by atoms with Gasteiger partial charge in [0.15, 0.2) is 5.78 Å². The monoisotopic (exact) mass is 247 g/mol. The normalized spacial score (nSPS) is 19.1. The first kappa shape index (κ1) is 12.6. The summed E-state index contributed by atoms with van der Waals surface area (Å²) < 4.78 is 5.23. The Bertz CT molecular complexity index is 430. The Balaban J connectivity index is 1.90. The van der Waals surface area contributed by atoms with E-state index >= 15 is 0 Å². The number of amides is 1. The number of hydrogen-bond donors (Lipinski definition) is 0. The number of Topliss-reactive ketones (excluding diaryl/α,β-unsaturated/α-hetero) is 1. The highest BCUT2D eigenvalue weighted by Crippen LogP contribution is 2.18. The lowest BCUT2D eigenvalue weighted by Gasteiger charge is -2.21. The molecule has 18 heavy (non-hydrogen) atoms. The van der Waals surface area contributed by atoms with Crippen LogP contribution < -0.4 is 0 Å². The molecule has 1 amide bonds. The summed E-state index contributed by atoms with van der Waals surface area (Å²) in [5.41, 5.74) is 0.949. The molecule has 1 atom stereocenters. The van der Waals surface area contributed by atoms with Crippen LogP contribution in [-0.4, -0.2) is 29.4 Å². The van der Waals surface area contributed by atoms with E-state index in [2.05, 4.69) is 0 Å². The number of hydrogen-bond acceptors (Lipinski definition) is 3. The van der Waals surface area contributed by atoms with Gasteiger partial charge in [-0.15, -0.1) is 0 Å². The minimum Gasteiger partial charge on any atom is -0.445 e. The molecule has 1 heterocycles. The van der Waals surface area contributed by atoms with Crippen molar-refractivity contribution in [2.24, 2.45) is 0 Å². The van der Waals surface area contributed by atoms with Crippen LogP contribution in [0, 0.1) is 0 Å². The van der Waals surface area contributed by atoms with Crippen molar-refractivity contribution in [2.75, 3.05) is 6.54 Å². The molecule has 2 rings (SSSR count). The van der Waals surface area contributed by atoms with Crippen molar-refractivity contribution < 1.29 is 14.3 Å². The van der Waals surface area contributed by atoms with Crippen molar-refractivity contribution in [3.05, 3.63) is 35.9 Å². The average molecular weight is 247 g/mol. The number of rotatable bonds is 3. The Morgan fingerprint density at radius 3 is 2.78 bits per heavy atom. The fourth-order valence-electron chi connectivity index (χ4n) is 2.14. The maximum atomic E-state index is 11.9. The molecule has 0 aliphatic carbocycles. The molecule has 1 aliphatic heterocycles. The van der Waals surface area contributed by atoms with Crippen molar-refractivity contribution in [1.82, 2.24) is 4.90 Å². The molecule has 4 nitrogen and oxygen atoms in total. The summed E-state index contributed by atoms with van der Waals surface area (Å²) in [6.07, 6.45) is 0.847. The fraction of sp³-hybridized carbons (Fsp3) is 0.429. The van der Waals surface area contributed by atoms with E-state index in [0.29, 0.717) is 6.42 Å². The fourth-order valence-corrected chi connectivity index (χ4v) is 2.14. The molecule has 1 aromatic rings. The highest BCUT2D eigenvalue weighted by atomic mass is 16.6. The van der Waals surface area contributed by atoms with Crippen LogP contribution in [-0.2, 0) is 16.1 Å². The summed E-state index contributed by atoms with van der Waals surface area (Å²) in [6.45, 7) is 2.41. The third-order valence-corrected chi connectivity index (χ3v) is 3.16. The number of carbonyl (C=O) groups excluding carboxylic acids is 2. The van der Waals surface area contributed by atoms with Gasteiger partial charge in [-0.05, 0) is 12.0 Å². The summed E-state index contributed by atoms with van der Waals surface area (Å²) in [5, 5.41) is 0. The Morgan fingerprint density at radius 1 is 1.39 bits per heavy atom. The van der Waals surface area contributed by atoms with Crippen LogP contribution in [0.2, 0.25) is 0 Å². The first-order valence-corrected chi connectivity index (χ1v) is 6.19. The molecular formula is C14H17NO3. The minimum absolute atomic E-state index is 0.000716. The summed E-state index contributed by atoms with van der Waals surface area (Å²) in [4.78, 5) is 24.8. The molecule has 0 bridgehead atoms. The van der Waals surface area contributed by atoms with Crippen LogP contribution >= 0.6 is 0 Å². The molecule has 0 N–H and O–H groups in total. The predicted molar refractivity (Wildman–Crippen MR) is 67.0 cm³/mol. The van der Waals surface area contributed by atoms with Crippen molar-refractivity contribution in [3.63, 3.8) is 0 Å². The maximum absolute atomic E-state index is 11.9. The second-order valence-electron chi connectivity index (χ2n) is 4.47.